The van der Waals surface area contributed by atoms with Crippen LogP contribution in [-0.4, -0.2) is 38.1 Å². The van der Waals surface area contributed by atoms with Gasteiger partial charge in [-0.1, -0.05) is 52.8 Å². The van der Waals surface area contributed by atoms with E-state index < -0.39 is 26.7 Å². The van der Waals surface area contributed by atoms with E-state index in [-0.39, 0.29) is 22.3 Å². The van der Waals surface area contributed by atoms with Crippen LogP contribution in [0.2, 0.25) is 18.1 Å². The molecule has 5 nitrogen and oxygen atoms in total. The van der Waals surface area contributed by atoms with Crippen molar-refractivity contribution in [2.75, 3.05) is 0 Å². The van der Waals surface area contributed by atoms with Crippen molar-refractivity contribution in [2.45, 2.75) is 71.6 Å². The van der Waals surface area contributed by atoms with Gasteiger partial charge in [-0.2, -0.15) is 0 Å². The number of aliphatic hydroxyl groups is 1. The van der Waals surface area contributed by atoms with E-state index in [1.54, 1.807) is 24.3 Å². The molecule has 0 amide bonds. The smallest absolute Gasteiger partial charge is 0.338 e. The Labute approximate surface area is 169 Å². The number of aliphatic hydroxyl groups excluding tert-OH is 1. The van der Waals surface area contributed by atoms with Crippen LogP contribution < -0.4 is 0 Å². The van der Waals surface area contributed by atoms with Gasteiger partial charge >= 0.3 is 5.97 Å². The van der Waals surface area contributed by atoms with Gasteiger partial charge in [0.2, 0.25) is 0 Å². The summed E-state index contributed by atoms with van der Waals surface area (Å²) < 4.78 is 11.8. The van der Waals surface area contributed by atoms with E-state index >= 15 is 0 Å². The van der Waals surface area contributed by atoms with Gasteiger partial charge in [-0.05, 0) is 48.0 Å². The summed E-state index contributed by atoms with van der Waals surface area (Å²) in [4.78, 5) is 23.9. The minimum Gasteiger partial charge on any atom is -0.453 e. The summed E-state index contributed by atoms with van der Waals surface area (Å²) in [6.07, 6.45) is -0.694. The van der Waals surface area contributed by atoms with Crippen molar-refractivity contribution in [1.82, 2.24) is 0 Å². The quantitative estimate of drug-likeness (QED) is 0.299. The fourth-order valence-corrected chi connectivity index (χ4v) is 4.42. The Morgan fingerprint density at radius 2 is 1.82 bits per heavy atom. The fraction of sp³-hybridized carbons (Fsp3) is 0.636. The van der Waals surface area contributed by atoms with Crippen LogP contribution in [0.25, 0.3) is 0 Å². The van der Waals surface area contributed by atoms with Crippen LogP contribution in [-0.2, 0) is 14.0 Å². The molecule has 0 spiro atoms. The fourth-order valence-electron chi connectivity index (χ4n) is 3.31. The van der Waals surface area contributed by atoms with Crippen molar-refractivity contribution in [2.24, 2.45) is 17.3 Å². The highest BCUT2D eigenvalue weighted by molar-refractivity contribution is 6.74. The molecular formula is C22H34O5Si. The minimum absolute atomic E-state index is 0.0521. The van der Waals surface area contributed by atoms with Crippen molar-refractivity contribution >= 4 is 20.6 Å². The average molecular weight is 407 g/mol. The molecule has 28 heavy (non-hydrogen) atoms. The van der Waals surface area contributed by atoms with E-state index in [4.69, 9.17) is 9.16 Å². The summed E-state index contributed by atoms with van der Waals surface area (Å²) in [5.41, 5.74) is 0.268. The molecule has 0 heterocycles. The topological polar surface area (TPSA) is 72.8 Å². The molecule has 0 bridgehead atoms. The van der Waals surface area contributed by atoms with Gasteiger partial charge in [0.15, 0.2) is 20.7 Å². The number of hydrogen-bond acceptors (Lipinski definition) is 5. The second-order valence-corrected chi connectivity index (χ2v) is 14.7. The Morgan fingerprint density at radius 3 is 2.29 bits per heavy atom. The summed E-state index contributed by atoms with van der Waals surface area (Å²) in [6.45, 7) is 14.4. The minimum atomic E-state index is -2.26. The maximum Gasteiger partial charge on any atom is 0.338 e. The third-order valence-corrected chi connectivity index (χ3v) is 11.0. The van der Waals surface area contributed by atoms with Crippen LogP contribution in [0.3, 0.4) is 0 Å². The lowest BCUT2D eigenvalue weighted by molar-refractivity contribution is -0.122. The van der Waals surface area contributed by atoms with Crippen LogP contribution in [0.15, 0.2) is 30.3 Å². The molecule has 4 atom stereocenters. The number of rotatable bonds is 8. The summed E-state index contributed by atoms with van der Waals surface area (Å²) in [5, 5.41) is 10.8. The molecule has 1 aliphatic carbocycles. The monoisotopic (exact) mass is 406 g/mol. The number of hydrogen-bond donors (Lipinski definition) is 1. The Kier molecular flexibility index (Phi) is 6.58. The first-order valence-corrected chi connectivity index (χ1v) is 12.8. The zero-order valence-electron chi connectivity index (χ0n) is 18.1. The van der Waals surface area contributed by atoms with Crippen LogP contribution in [0.4, 0.5) is 0 Å². The van der Waals surface area contributed by atoms with E-state index in [9.17, 15) is 14.7 Å². The molecule has 1 aromatic rings. The zero-order chi connectivity index (χ0) is 21.3. The van der Waals surface area contributed by atoms with Crippen LogP contribution in [0.1, 0.15) is 51.4 Å². The normalized spacial score (nSPS) is 23.6. The molecule has 0 radical (unpaired) electrons. The van der Waals surface area contributed by atoms with E-state index in [0.29, 0.717) is 12.0 Å². The van der Waals surface area contributed by atoms with Crippen molar-refractivity contribution in [3.63, 3.8) is 0 Å². The molecule has 6 heteroatoms. The Bertz CT molecular complexity index is 693. The SMILES string of the molecule is CC1(C)[C@H](C=O)[C@@H]1C[C@@H](OC(=O)c1ccccc1)[C@H](O)O[Si](C)(C)C(C)(C)C. The predicted octanol–water partition coefficient (Wildman–Crippen LogP) is 4.41. The van der Waals surface area contributed by atoms with Crippen molar-refractivity contribution in [3.05, 3.63) is 35.9 Å². The summed E-state index contributed by atoms with van der Waals surface area (Å²) in [7, 11) is -2.26. The Morgan fingerprint density at radius 1 is 1.25 bits per heavy atom. The summed E-state index contributed by atoms with van der Waals surface area (Å²) >= 11 is 0. The first-order chi connectivity index (χ1) is 12.8. The largest absolute Gasteiger partial charge is 0.453 e. The molecule has 1 N–H and O–H groups in total. The van der Waals surface area contributed by atoms with Crippen LogP contribution in [0.5, 0.6) is 0 Å². The molecule has 1 aliphatic rings. The summed E-state index contributed by atoms with van der Waals surface area (Å²) in [6, 6.07) is 8.71. The molecule has 1 fully saturated rings. The number of benzene rings is 1. The first kappa shape index (κ1) is 22.8. The first-order valence-electron chi connectivity index (χ1n) is 9.88. The van der Waals surface area contributed by atoms with Crippen molar-refractivity contribution < 1.29 is 23.9 Å². The van der Waals surface area contributed by atoms with Gasteiger partial charge in [-0.25, -0.2) is 4.79 Å². The lowest BCUT2D eigenvalue weighted by atomic mass is 10.0. The number of aldehydes is 1. The number of carbonyl (C=O) groups excluding carboxylic acids is 2. The van der Waals surface area contributed by atoms with E-state index in [1.165, 1.54) is 0 Å². The maximum atomic E-state index is 12.6. The Balaban J connectivity index is 2.18. The van der Waals surface area contributed by atoms with Crippen LogP contribution in [0, 0.1) is 17.3 Å². The number of esters is 1. The van der Waals surface area contributed by atoms with Gasteiger partial charge in [-0.15, -0.1) is 0 Å². The second kappa shape index (κ2) is 8.09. The maximum absolute atomic E-state index is 12.6. The second-order valence-electron chi connectivity index (χ2n) is 9.90. The highest BCUT2D eigenvalue weighted by Gasteiger charge is 2.59. The third-order valence-electron chi connectivity index (χ3n) is 6.58. The molecule has 156 valence electrons. The summed E-state index contributed by atoms with van der Waals surface area (Å²) in [5.74, 6) is -0.536. The molecule has 0 aliphatic heterocycles. The molecule has 0 unspecified atom stereocenters. The lowest BCUT2D eigenvalue weighted by Gasteiger charge is -2.39. The van der Waals surface area contributed by atoms with Crippen LogP contribution >= 0.6 is 0 Å². The molecule has 0 saturated heterocycles. The highest BCUT2D eigenvalue weighted by atomic mass is 28.4. The number of carbonyl (C=O) groups is 2. The zero-order valence-corrected chi connectivity index (χ0v) is 19.1. The standard InChI is InChI=1S/C22H34O5Si/c1-21(2,3)28(6,7)27-20(25)18(13-16-17(14-23)22(16,4)5)26-19(24)15-11-9-8-10-12-15/h8-12,14,16-18,20,25H,13H2,1-7H3/t16-,17+,18+,20+/m0/s1. The molecule has 0 aromatic heterocycles. The third kappa shape index (κ3) is 4.91. The highest BCUT2D eigenvalue weighted by Crippen LogP contribution is 2.59. The van der Waals surface area contributed by atoms with Gasteiger partial charge in [0.05, 0.1) is 5.56 Å². The average Bonchev–Trinajstić information content (AvgIpc) is 3.12. The van der Waals surface area contributed by atoms with E-state index in [2.05, 4.69) is 20.8 Å². The van der Waals surface area contributed by atoms with Gasteiger partial charge in [0.1, 0.15) is 6.29 Å². The van der Waals surface area contributed by atoms with E-state index in [0.717, 1.165) is 6.29 Å². The molecule has 1 aromatic carbocycles. The van der Waals surface area contributed by atoms with Crippen molar-refractivity contribution in [1.29, 1.82) is 0 Å². The number of ether oxygens (including phenoxy) is 1. The lowest BCUT2D eigenvalue weighted by Crippen LogP contribution is -2.48. The van der Waals surface area contributed by atoms with Gasteiger partial charge in [-0.3, -0.25) is 0 Å². The predicted molar refractivity (Wildman–Crippen MR) is 111 cm³/mol. The van der Waals surface area contributed by atoms with Gasteiger partial charge in [0.25, 0.3) is 0 Å². The Hall–Kier alpha value is -1.50. The molecule has 2 rings (SSSR count). The van der Waals surface area contributed by atoms with Gasteiger partial charge in [0, 0.05) is 5.92 Å². The molecular weight excluding hydrogens is 372 g/mol. The van der Waals surface area contributed by atoms with Crippen molar-refractivity contribution in [3.8, 4) is 0 Å². The molecule has 1 saturated carbocycles. The van der Waals surface area contributed by atoms with E-state index in [1.807, 2.05) is 33.0 Å². The van der Waals surface area contributed by atoms with Gasteiger partial charge < -0.3 is 19.1 Å².